The molecule has 0 radical (unpaired) electrons. The van der Waals surface area contributed by atoms with Gasteiger partial charge in [0.15, 0.2) is 0 Å². The molecule has 1 heterocycles. The highest BCUT2D eigenvalue weighted by Crippen LogP contribution is 2.21. The zero-order valence-electron chi connectivity index (χ0n) is 11.2. The van der Waals surface area contributed by atoms with Gasteiger partial charge in [-0.2, -0.15) is 0 Å². The van der Waals surface area contributed by atoms with Crippen molar-refractivity contribution in [3.63, 3.8) is 0 Å². The summed E-state index contributed by atoms with van der Waals surface area (Å²) in [7, 11) is 0. The number of hydrogen-bond donors (Lipinski definition) is 1. The lowest BCUT2D eigenvalue weighted by Crippen LogP contribution is -2.40. The van der Waals surface area contributed by atoms with Gasteiger partial charge in [0.1, 0.15) is 6.61 Å². The Hall–Kier alpha value is -0.260. The third kappa shape index (κ3) is 6.61. The molecule has 0 aromatic rings. The van der Waals surface area contributed by atoms with Crippen LogP contribution in [-0.4, -0.2) is 45.4 Å². The van der Waals surface area contributed by atoms with Crippen molar-refractivity contribution in [3.8, 4) is 0 Å². The quantitative estimate of drug-likeness (QED) is 0.650. The first-order chi connectivity index (χ1) is 8.74. The van der Waals surface area contributed by atoms with E-state index in [0.29, 0.717) is 18.6 Å². The van der Waals surface area contributed by atoms with Crippen LogP contribution in [0.15, 0.2) is 0 Å². The van der Waals surface area contributed by atoms with Gasteiger partial charge in [0.2, 0.25) is 0 Å². The van der Waals surface area contributed by atoms with Crippen LogP contribution in [0.3, 0.4) is 0 Å². The minimum atomic E-state index is -2.37. The fourth-order valence-electron chi connectivity index (χ4n) is 2.34. The van der Waals surface area contributed by atoms with E-state index in [1.54, 1.807) is 0 Å². The summed E-state index contributed by atoms with van der Waals surface area (Å²) in [5.41, 5.74) is 0. The summed E-state index contributed by atoms with van der Waals surface area (Å²) in [6.07, 6.45) is 1.62. The van der Waals surface area contributed by atoms with Gasteiger partial charge >= 0.3 is 0 Å². The minimum Gasteiger partial charge on any atom is -0.381 e. The summed E-state index contributed by atoms with van der Waals surface area (Å²) in [6.45, 7) is 4.68. The molecule has 0 aromatic heterocycles. The second-order valence-electron chi connectivity index (χ2n) is 4.77. The standard InChI is InChI=1S/C13H25F2NO2/c1-2-6-16-12(5-9-18-10-13(14)15)11-3-7-17-8-4-11/h11-13,16H,2-10H2,1H3. The van der Waals surface area contributed by atoms with Crippen molar-refractivity contribution in [2.45, 2.75) is 45.1 Å². The summed E-state index contributed by atoms with van der Waals surface area (Å²) in [5, 5.41) is 3.50. The first-order valence-corrected chi connectivity index (χ1v) is 6.91. The Labute approximate surface area is 108 Å². The van der Waals surface area contributed by atoms with Gasteiger partial charge in [-0.1, -0.05) is 6.92 Å². The van der Waals surface area contributed by atoms with Crippen molar-refractivity contribution in [2.24, 2.45) is 5.92 Å². The summed E-state index contributed by atoms with van der Waals surface area (Å²) in [6, 6.07) is 0.367. The Balaban J connectivity index is 2.25. The lowest BCUT2D eigenvalue weighted by atomic mass is 9.90. The molecule has 5 heteroatoms. The van der Waals surface area contributed by atoms with E-state index < -0.39 is 13.0 Å². The third-order valence-electron chi connectivity index (χ3n) is 3.31. The van der Waals surface area contributed by atoms with Gasteiger partial charge in [0.05, 0.1) is 0 Å². The Kier molecular flexibility index (Phi) is 8.46. The molecule has 1 aliphatic heterocycles. The van der Waals surface area contributed by atoms with Crippen LogP contribution in [0.2, 0.25) is 0 Å². The molecule has 1 saturated heterocycles. The molecule has 0 aliphatic carbocycles. The van der Waals surface area contributed by atoms with E-state index in [1.165, 1.54) is 0 Å². The molecule has 108 valence electrons. The molecule has 0 bridgehead atoms. The third-order valence-corrected chi connectivity index (χ3v) is 3.31. The van der Waals surface area contributed by atoms with Crippen LogP contribution in [0.4, 0.5) is 8.78 Å². The largest absolute Gasteiger partial charge is 0.381 e. The second kappa shape index (κ2) is 9.64. The van der Waals surface area contributed by atoms with Gasteiger partial charge in [0, 0.05) is 25.9 Å². The molecular formula is C13H25F2NO2. The number of nitrogens with one attached hydrogen (secondary N) is 1. The molecule has 0 saturated carbocycles. The molecule has 1 aliphatic rings. The minimum absolute atomic E-state index is 0.367. The molecule has 1 atom stereocenters. The molecule has 18 heavy (non-hydrogen) atoms. The monoisotopic (exact) mass is 265 g/mol. The van der Waals surface area contributed by atoms with Crippen LogP contribution in [0, 0.1) is 5.92 Å². The van der Waals surface area contributed by atoms with Crippen LogP contribution in [-0.2, 0) is 9.47 Å². The van der Waals surface area contributed by atoms with Crippen LogP contribution < -0.4 is 5.32 Å². The maximum absolute atomic E-state index is 12.0. The highest BCUT2D eigenvalue weighted by Gasteiger charge is 2.23. The van der Waals surface area contributed by atoms with Crippen molar-refractivity contribution < 1.29 is 18.3 Å². The number of halogens is 2. The van der Waals surface area contributed by atoms with Gasteiger partial charge in [-0.15, -0.1) is 0 Å². The number of ether oxygens (including phenoxy) is 2. The summed E-state index contributed by atoms with van der Waals surface area (Å²) in [5.74, 6) is 0.584. The summed E-state index contributed by atoms with van der Waals surface area (Å²) in [4.78, 5) is 0. The van der Waals surface area contributed by atoms with E-state index >= 15 is 0 Å². The van der Waals surface area contributed by atoms with Crippen LogP contribution in [0.5, 0.6) is 0 Å². The highest BCUT2D eigenvalue weighted by molar-refractivity contribution is 4.78. The second-order valence-corrected chi connectivity index (χ2v) is 4.77. The van der Waals surface area contributed by atoms with Crippen LogP contribution >= 0.6 is 0 Å². The predicted octanol–water partition coefficient (Wildman–Crippen LogP) is 2.45. The van der Waals surface area contributed by atoms with Crippen LogP contribution in [0.1, 0.15) is 32.6 Å². The first kappa shape index (κ1) is 15.8. The lowest BCUT2D eigenvalue weighted by molar-refractivity contribution is 0.00731. The van der Waals surface area contributed by atoms with Crippen LogP contribution in [0.25, 0.3) is 0 Å². The zero-order valence-corrected chi connectivity index (χ0v) is 11.2. The van der Waals surface area contributed by atoms with E-state index in [-0.39, 0.29) is 0 Å². The van der Waals surface area contributed by atoms with Crippen molar-refractivity contribution in [1.29, 1.82) is 0 Å². The Morgan fingerprint density at radius 1 is 1.33 bits per heavy atom. The van der Waals surface area contributed by atoms with E-state index in [9.17, 15) is 8.78 Å². The molecular weight excluding hydrogens is 240 g/mol. The normalized spacial score (nSPS) is 19.3. The maximum atomic E-state index is 12.0. The van der Waals surface area contributed by atoms with Gasteiger partial charge < -0.3 is 14.8 Å². The van der Waals surface area contributed by atoms with Gasteiger partial charge in [-0.05, 0) is 38.1 Å². The number of hydrogen-bond acceptors (Lipinski definition) is 3. The predicted molar refractivity (Wildman–Crippen MR) is 67.1 cm³/mol. The lowest BCUT2D eigenvalue weighted by Gasteiger charge is -2.31. The first-order valence-electron chi connectivity index (χ1n) is 6.91. The van der Waals surface area contributed by atoms with Gasteiger partial charge in [0.25, 0.3) is 6.43 Å². The van der Waals surface area contributed by atoms with E-state index in [0.717, 1.165) is 45.4 Å². The number of rotatable bonds is 9. The summed E-state index contributed by atoms with van der Waals surface area (Å²) < 4.78 is 34.2. The van der Waals surface area contributed by atoms with Gasteiger partial charge in [-0.3, -0.25) is 0 Å². The molecule has 1 N–H and O–H groups in total. The molecule has 0 amide bonds. The van der Waals surface area contributed by atoms with Gasteiger partial charge in [-0.25, -0.2) is 8.78 Å². The van der Waals surface area contributed by atoms with Crippen molar-refractivity contribution in [1.82, 2.24) is 5.32 Å². The number of alkyl halides is 2. The van der Waals surface area contributed by atoms with Crippen molar-refractivity contribution in [3.05, 3.63) is 0 Å². The average Bonchev–Trinajstić information content (AvgIpc) is 2.38. The summed E-state index contributed by atoms with van der Waals surface area (Å²) >= 11 is 0. The van der Waals surface area contributed by atoms with E-state index in [4.69, 9.17) is 9.47 Å². The Morgan fingerprint density at radius 3 is 2.67 bits per heavy atom. The fraction of sp³-hybridized carbons (Fsp3) is 1.00. The van der Waals surface area contributed by atoms with Crippen molar-refractivity contribution in [2.75, 3.05) is 33.0 Å². The molecule has 1 fully saturated rings. The van der Waals surface area contributed by atoms with Crippen molar-refractivity contribution >= 4 is 0 Å². The highest BCUT2D eigenvalue weighted by atomic mass is 19.3. The zero-order chi connectivity index (χ0) is 13.2. The Morgan fingerprint density at radius 2 is 2.06 bits per heavy atom. The fourth-order valence-corrected chi connectivity index (χ4v) is 2.34. The van der Waals surface area contributed by atoms with E-state index in [2.05, 4.69) is 12.2 Å². The molecule has 0 spiro atoms. The SMILES string of the molecule is CCCNC(CCOCC(F)F)C1CCOCC1. The molecule has 1 unspecified atom stereocenters. The smallest absolute Gasteiger partial charge is 0.261 e. The average molecular weight is 265 g/mol. The van der Waals surface area contributed by atoms with E-state index in [1.807, 2.05) is 0 Å². The molecule has 1 rings (SSSR count). The topological polar surface area (TPSA) is 30.5 Å². The molecule has 0 aromatic carbocycles. The molecule has 3 nitrogen and oxygen atoms in total. The Bertz CT molecular complexity index is 199. The maximum Gasteiger partial charge on any atom is 0.261 e.